The fraction of sp³-hybridized carbons (Fsp3) is 0.333. The first-order chi connectivity index (χ1) is 10.1. The van der Waals surface area contributed by atoms with E-state index in [1.165, 1.54) is 17.3 Å². The maximum absolute atomic E-state index is 14.0. The molecule has 0 aromatic heterocycles. The van der Waals surface area contributed by atoms with Gasteiger partial charge in [0.2, 0.25) is 0 Å². The summed E-state index contributed by atoms with van der Waals surface area (Å²) in [6, 6.07) is 15.2. The lowest BCUT2D eigenvalue weighted by molar-refractivity contribution is 0.447. The highest BCUT2D eigenvalue weighted by Gasteiger charge is 2.29. The standard InChI is InChI=1S/C18H21FN2/c1-18(20,15-9-3-4-10-16(15)19)13-21-12-6-8-14-7-2-5-11-17(14)21/h2-5,7,9-11H,6,8,12-13,20H2,1H3. The molecule has 0 saturated carbocycles. The zero-order valence-corrected chi connectivity index (χ0v) is 12.3. The van der Waals surface area contributed by atoms with Gasteiger partial charge in [0.15, 0.2) is 0 Å². The number of aryl methyl sites for hydroxylation is 1. The van der Waals surface area contributed by atoms with Crippen LogP contribution in [0.5, 0.6) is 0 Å². The third kappa shape index (κ3) is 2.79. The summed E-state index contributed by atoms with van der Waals surface area (Å²) in [5, 5.41) is 0. The summed E-state index contributed by atoms with van der Waals surface area (Å²) in [7, 11) is 0. The Morgan fingerprint density at radius 3 is 2.67 bits per heavy atom. The van der Waals surface area contributed by atoms with Crippen molar-refractivity contribution in [1.29, 1.82) is 0 Å². The number of fused-ring (bicyclic) bond motifs is 1. The quantitative estimate of drug-likeness (QED) is 0.935. The van der Waals surface area contributed by atoms with Crippen LogP contribution in [0.1, 0.15) is 24.5 Å². The van der Waals surface area contributed by atoms with Crippen LogP contribution < -0.4 is 10.6 Å². The van der Waals surface area contributed by atoms with Gasteiger partial charge in [-0.3, -0.25) is 0 Å². The summed E-state index contributed by atoms with van der Waals surface area (Å²) in [5.74, 6) is -0.229. The van der Waals surface area contributed by atoms with Crippen LogP contribution in [0.25, 0.3) is 0 Å². The molecule has 2 aromatic carbocycles. The van der Waals surface area contributed by atoms with Crippen molar-refractivity contribution >= 4 is 5.69 Å². The second-order valence-corrected chi connectivity index (χ2v) is 6.05. The van der Waals surface area contributed by atoms with Crippen molar-refractivity contribution in [2.24, 2.45) is 5.73 Å². The Labute approximate surface area is 125 Å². The molecule has 1 aliphatic heterocycles. The Kier molecular flexibility index (Phi) is 3.68. The van der Waals surface area contributed by atoms with Crippen molar-refractivity contribution in [1.82, 2.24) is 0 Å². The van der Waals surface area contributed by atoms with Gasteiger partial charge in [-0.25, -0.2) is 4.39 Å². The number of anilines is 1. The van der Waals surface area contributed by atoms with Gasteiger partial charge < -0.3 is 10.6 Å². The molecule has 2 N–H and O–H groups in total. The average Bonchev–Trinajstić information content (AvgIpc) is 2.47. The van der Waals surface area contributed by atoms with E-state index in [0.29, 0.717) is 12.1 Å². The fourth-order valence-electron chi connectivity index (χ4n) is 3.18. The molecule has 0 saturated heterocycles. The number of hydrogen-bond donors (Lipinski definition) is 1. The molecule has 3 rings (SSSR count). The molecular formula is C18H21FN2. The van der Waals surface area contributed by atoms with Gasteiger partial charge in [0.05, 0.1) is 5.54 Å². The molecule has 1 unspecified atom stereocenters. The lowest BCUT2D eigenvalue weighted by atomic mass is 9.90. The van der Waals surface area contributed by atoms with E-state index in [2.05, 4.69) is 23.1 Å². The maximum atomic E-state index is 14.0. The van der Waals surface area contributed by atoms with E-state index in [4.69, 9.17) is 5.73 Å². The molecular weight excluding hydrogens is 263 g/mol. The largest absolute Gasteiger partial charge is 0.369 e. The SMILES string of the molecule is CC(N)(CN1CCCc2ccccc21)c1ccccc1F. The molecule has 2 aromatic rings. The lowest BCUT2D eigenvalue weighted by Crippen LogP contribution is -2.47. The second kappa shape index (κ2) is 5.49. The molecule has 3 heteroatoms. The minimum absolute atomic E-state index is 0.229. The summed E-state index contributed by atoms with van der Waals surface area (Å²) in [6.45, 7) is 3.49. The molecule has 0 aliphatic carbocycles. The number of nitrogens with two attached hydrogens (primary N) is 1. The smallest absolute Gasteiger partial charge is 0.128 e. The maximum Gasteiger partial charge on any atom is 0.128 e. The van der Waals surface area contributed by atoms with Crippen LogP contribution >= 0.6 is 0 Å². The van der Waals surface area contributed by atoms with E-state index in [-0.39, 0.29) is 5.82 Å². The fourth-order valence-corrected chi connectivity index (χ4v) is 3.18. The number of rotatable bonds is 3. The van der Waals surface area contributed by atoms with Crippen LogP contribution in [0.3, 0.4) is 0 Å². The van der Waals surface area contributed by atoms with Crippen molar-refractivity contribution < 1.29 is 4.39 Å². The second-order valence-electron chi connectivity index (χ2n) is 6.05. The molecule has 1 aliphatic rings. The van der Waals surface area contributed by atoms with E-state index in [9.17, 15) is 4.39 Å². The highest BCUT2D eigenvalue weighted by atomic mass is 19.1. The third-order valence-corrected chi connectivity index (χ3v) is 4.21. The van der Waals surface area contributed by atoms with E-state index >= 15 is 0 Å². The Bertz CT molecular complexity index is 637. The Hall–Kier alpha value is -1.87. The summed E-state index contributed by atoms with van der Waals surface area (Å²) >= 11 is 0. The predicted octanol–water partition coefficient (Wildman–Crippen LogP) is 3.45. The first-order valence-electron chi connectivity index (χ1n) is 7.45. The normalized spacial score (nSPS) is 17.2. The van der Waals surface area contributed by atoms with Crippen LogP contribution in [0, 0.1) is 5.82 Å². The summed E-state index contributed by atoms with van der Waals surface area (Å²) in [4.78, 5) is 2.28. The Morgan fingerprint density at radius 1 is 1.14 bits per heavy atom. The molecule has 0 amide bonds. The molecule has 0 radical (unpaired) electrons. The van der Waals surface area contributed by atoms with Crippen LogP contribution in [0.2, 0.25) is 0 Å². The molecule has 1 atom stereocenters. The monoisotopic (exact) mass is 284 g/mol. The first kappa shape index (κ1) is 14.1. The minimum atomic E-state index is -0.713. The molecule has 2 nitrogen and oxygen atoms in total. The average molecular weight is 284 g/mol. The summed E-state index contributed by atoms with van der Waals surface area (Å²) in [6.07, 6.45) is 2.22. The highest BCUT2D eigenvalue weighted by Crippen LogP contribution is 2.30. The van der Waals surface area contributed by atoms with Gasteiger partial charge in [-0.1, -0.05) is 36.4 Å². The van der Waals surface area contributed by atoms with E-state index in [0.717, 1.165) is 19.4 Å². The van der Waals surface area contributed by atoms with Gasteiger partial charge in [0, 0.05) is 24.3 Å². The topological polar surface area (TPSA) is 29.3 Å². The highest BCUT2D eigenvalue weighted by molar-refractivity contribution is 5.56. The zero-order valence-electron chi connectivity index (χ0n) is 12.3. The van der Waals surface area contributed by atoms with Crippen LogP contribution in [-0.2, 0) is 12.0 Å². The van der Waals surface area contributed by atoms with Gasteiger partial charge in [0.1, 0.15) is 5.82 Å². The number of para-hydroxylation sites is 1. The summed E-state index contributed by atoms with van der Waals surface area (Å²) < 4.78 is 14.0. The van der Waals surface area contributed by atoms with Crippen molar-refractivity contribution in [3.8, 4) is 0 Å². The number of hydrogen-bond acceptors (Lipinski definition) is 2. The van der Waals surface area contributed by atoms with E-state index < -0.39 is 5.54 Å². The first-order valence-corrected chi connectivity index (χ1v) is 7.45. The number of nitrogens with zero attached hydrogens (tertiary/aromatic N) is 1. The van der Waals surface area contributed by atoms with E-state index in [1.807, 2.05) is 19.1 Å². The van der Waals surface area contributed by atoms with Gasteiger partial charge in [-0.2, -0.15) is 0 Å². The van der Waals surface area contributed by atoms with Gasteiger partial charge in [-0.15, -0.1) is 0 Å². The van der Waals surface area contributed by atoms with Crippen molar-refractivity contribution in [2.45, 2.75) is 25.3 Å². The van der Waals surface area contributed by atoms with Gasteiger partial charge in [0.25, 0.3) is 0 Å². The predicted molar refractivity (Wildman–Crippen MR) is 84.9 cm³/mol. The van der Waals surface area contributed by atoms with Gasteiger partial charge >= 0.3 is 0 Å². The van der Waals surface area contributed by atoms with Crippen LogP contribution in [0.15, 0.2) is 48.5 Å². The molecule has 21 heavy (non-hydrogen) atoms. The van der Waals surface area contributed by atoms with E-state index in [1.54, 1.807) is 12.1 Å². The third-order valence-electron chi connectivity index (χ3n) is 4.21. The molecule has 0 bridgehead atoms. The van der Waals surface area contributed by atoms with Gasteiger partial charge in [-0.05, 0) is 37.5 Å². The van der Waals surface area contributed by atoms with Crippen LogP contribution in [0.4, 0.5) is 10.1 Å². The van der Waals surface area contributed by atoms with Crippen LogP contribution in [-0.4, -0.2) is 13.1 Å². The molecule has 110 valence electrons. The summed E-state index contributed by atoms with van der Waals surface area (Å²) in [5.41, 5.74) is 8.90. The van der Waals surface area contributed by atoms with Crippen molar-refractivity contribution in [3.05, 3.63) is 65.5 Å². The Morgan fingerprint density at radius 2 is 1.86 bits per heavy atom. The minimum Gasteiger partial charge on any atom is -0.369 e. The van der Waals surface area contributed by atoms with Crippen molar-refractivity contribution in [3.63, 3.8) is 0 Å². The van der Waals surface area contributed by atoms with Crippen molar-refractivity contribution in [2.75, 3.05) is 18.0 Å². The number of halogens is 1. The molecule has 0 spiro atoms. The number of benzene rings is 2. The molecule has 1 heterocycles. The lowest BCUT2D eigenvalue weighted by Gasteiger charge is -2.38. The Balaban J connectivity index is 1.89. The zero-order chi connectivity index (χ0) is 14.9. The molecule has 0 fully saturated rings.